The molecule has 0 unspecified atom stereocenters. The average molecular weight is 276 g/mol. The van der Waals surface area contributed by atoms with Gasteiger partial charge in [-0.3, -0.25) is 0 Å². The van der Waals surface area contributed by atoms with Gasteiger partial charge in [-0.05, 0) is 42.5 Å². The summed E-state index contributed by atoms with van der Waals surface area (Å²) in [4.78, 5) is 20.8. The molecule has 0 saturated heterocycles. The summed E-state index contributed by atoms with van der Waals surface area (Å²) < 4.78 is 0. The number of hydrogen-bond acceptors (Lipinski definition) is 4. The lowest BCUT2D eigenvalue weighted by molar-refractivity contribution is 0.0696. The molecule has 20 heavy (non-hydrogen) atoms. The van der Waals surface area contributed by atoms with Gasteiger partial charge in [-0.2, -0.15) is 0 Å². The van der Waals surface area contributed by atoms with Crippen LogP contribution in [0, 0.1) is 0 Å². The van der Waals surface area contributed by atoms with Crippen molar-refractivity contribution in [3.63, 3.8) is 0 Å². The minimum Gasteiger partial charge on any atom is -0.508 e. The van der Waals surface area contributed by atoms with Crippen molar-refractivity contribution in [1.29, 1.82) is 0 Å². The molecule has 0 fully saturated rings. The lowest BCUT2D eigenvalue weighted by Crippen LogP contribution is -2.01. The van der Waals surface area contributed by atoms with E-state index in [4.69, 9.17) is 20.4 Å². The van der Waals surface area contributed by atoms with Gasteiger partial charge in [-0.15, -0.1) is 0 Å². The summed E-state index contributed by atoms with van der Waals surface area (Å²) in [6.45, 7) is 0. The molecule has 4 N–H and O–H groups in total. The SMILES string of the molecule is O=C(O)c1cccc(C(=O)O)c1.Oc1ccc(O)cc1. The van der Waals surface area contributed by atoms with Gasteiger partial charge in [0.15, 0.2) is 0 Å². The Morgan fingerprint density at radius 1 is 0.700 bits per heavy atom. The Labute approximate surface area is 114 Å². The van der Waals surface area contributed by atoms with E-state index in [9.17, 15) is 9.59 Å². The maximum Gasteiger partial charge on any atom is 0.335 e. The largest absolute Gasteiger partial charge is 0.508 e. The van der Waals surface area contributed by atoms with Crippen LogP contribution in [0.4, 0.5) is 0 Å². The first-order valence-corrected chi connectivity index (χ1v) is 5.45. The topological polar surface area (TPSA) is 115 Å². The van der Waals surface area contributed by atoms with E-state index in [1.807, 2.05) is 0 Å². The molecule has 0 saturated carbocycles. The van der Waals surface area contributed by atoms with Gasteiger partial charge in [0.2, 0.25) is 0 Å². The zero-order chi connectivity index (χ0) is 15.1. The van der Waals surface area contributed by atoms with Crippen LogP contribution in [0.5, 0.6) is 11.5 Å². The molecule has 0 aliphatic heterocycles. The van der Waals surface area contributed by atoms with Gasteiger partial charge in [0, 0.05) is 0 Å². The third kappa shape index (κ3) is 4.69. The fraction of sp³-hybridized carbons (Fsp3) is 0. The second-order valence-corrected chi connectivity index (χ2v) is 3.71. The molecule has 0 spiro atoms. The molecule has 0 radical (unpaired) electrons. The fourth-order valence-electron chi connectivity index (χ4n) is 1.24. The third-order valence-electron chi connectivity index (χ3n) is 2.21. The number of aromatic hydroxyl groups is 2. The first-order valence-electron chi connectivity index (χ1n) is 5.45. The highest BCUT2D eigenvalue weighted by atomic mass is 16.4. The van der Waals surface area contributed by atoms with Gasteiger partial charge >= 0.3 is 11.9 Å². The Bertz CT molecular complexity index is 553. The van der Waals surface area contributed by atoms with Crippen LogP contribution in [0.1, 0.15) is 20.7 Å². The van der Waals surface area contributed by atoms with Crippen LogP contribution >= 0.6 is 0 Å². The van der Waals surface area contributed by atoms with E-state index in [2.05, 4.69) is 0 Å². The van der Waals surface area contributed by atoms with E-state index in [0.29, 0.717) is 0 Å². The third-order valence-corrected chi connectivity index (χ3v) is 2.21. The summed E-state index contributed by atoms with van der Waals surface area (Å²) in [5, 5.41) is 34.3. The quantitative estimate of drug-likeness (QED) is 0.625. The number of phenolic OH excluding ortho intramolecular Hbond substituents is 2. The van der Waals surface area contributed by atoms with Crippen molar-refractivity contribution in [2.24, 2.45) is 0 Å². The average Bonchev–Trinajstić information content (AvgIpc) is 2.43. The number of rotatable bonds is 2. The molecule has 104 valence electrons. The van der Waals surface area contributed by atoms with Crippen LogP contribution in [-0.2, 0) is 0 Å². The number of carboxylic acid groups (broad SMARTS) is 2. The van der Waals surface area contributed by atoms with Gasteiger partial charge in [-0.1, -0.05) is 6.07 Å². The summed E-state index contributed by atoms with van der Waals surface area (Å²) in [6.07, 6.45) is 0. The van der Waals surface area contributed by atoms with Gasteiger partial charge in [-0.25, -0.2) is 9.59 Å². The summed E-state index contributed by atoms with van der Waals surface area (Å²) >= 11 is 0. The van der Waals surface area contributed by atoms with Crippen LogP contribution in [-0.4, -0.2) is 32.4 Å². The van der Waals surface area contributed by atoms with E-state index >= 15 is 0 Å². The van der Waals surface area contributed by atoms with E-state index in [1.165, 1.54) is 42.5 Å². The van der Waals surface area contributed by atoms with Crippen molar-refractivity contribution >= 4 is 11.9 Å². The normalized spacial score (nSPS) is 9.20. The maximum absolute atomic E-state index is 10.4. The second kappa shape index (κ2) is 6.79. The molecular weight excluding hydrogens is 264 g/mol. The number of carboxylic acids is 2. The van der Waals surface area contributed by atoms with E-state index < -0.39 is 11.9 Å². The highest BCUT2D eigenvalue weighted by Crippen LogP contribution is 2.13. The van der Waals surface area contributed by atoms with Crippen LogP contribution in [0.2, 0.25) is 0 Å². The molecule has 0 aromatic heterocycles. The van der Waals surface area contributed by atoms with Crippen molar-refractivity contribution in [3.05, 3.63) is 59.7 Å². The maximum atomic E-state index is 10.4. The standard InChI is InChI=1S/C8H6O4.C6H6O2/c9-7(10)5-2-1-3-6(4-5)8(11)12;7-5-1-2-6(8)4-3-5/h1-4H,(H,9,10)(H,11,12);1-4,7-8H. The van der Waals surface area contributed by atoms with Crippen LogP contribution in [0.25, 0.3) is 0 Å². The number of carbonyl (C=O) groups is 2. The number of phenols is 2. The van der Waals surface area contributed by atoms with E-state index in [0.717, 1.165) is 6.07 Å². The summed E-state index contributed by atoms with van der Waals surface area (Å²) in [5.41, 5.74) is -0.0372. The first-order chi connectivity index (χ1) is 9.40. The molecule has 0 aliphatic carbocycles. The van der Waals surface area contributed by atoms with Gasteiger partial charge in [0.25, 0.3) is 0 Å². The molecular formula is C14H12O6. The minimum atomic E-state index is -1.13. The highest BCUT2D eigenvalue weighted by molar-refractivity contribution is 5.93. The molecule has 6 heteroatoms. The Balaban J connectivity index is 0.000000217. The molecule has 6 nitrogen and oxygen atoms in total. The van der Waals surface area contributed by atoms with Crippen LogP contribution in [0.15, 0.2) is 48.5 Å². The van der Waals surface area contributed by atoms with Gasteiger partial charge in [0.05, 0.1) is 11.1 Å². The zero-order valence-corrected chi connectivity index (χ0v) is 10.2. The number of hydrogen-bond donors (Lipinski definition) is 4. The minimum absolute atomic E-state index is 0.0186. The van der Waals surface area contributed by atoms with E-state index in [1.54, 1.807) is 0 Å². The van der Waals surface area contributed by atoms with Gasteiger partial charge in [0.1, 0.15) is 11.5 Å². The molecule has 2 rings (SSSR count). The van der Waals surface area contributed by atoms with Crippen molar-refractivity contribution in [2.45, 2.75) is 0 Å². The van der Waals surface area contributed by atoms with Crippen LogP contribution in [0.3, 0.4) is 0 Å². The Kier molecular flexibility index (Phi) is 5.11. The fourth-order valence-corrected chi connectivity index (χ4v) is 1.24. The number of benzene rings is 2. The van der Waals surface area contributed by atoms with Gasteiger partial charge < -0.3 is 20.4 Å². The smallest absolute Gasteiger partial charge is 0.335 e. The van der Waals surface area contributed by atoms with Crippen molar-refractivity contribution < 1.29 is 30.0 Å². The monoisotopic (exact) mass is 276 g/mol. The molecule has 0 heterocycles. The van der Waals surface area contributed by atoms with Crippen LogP contribution < -0.4 is 0 Å². The Hall–Kier alpha value is -3.02. The van der Waals surface area contributed by atoms with Crippen molar-refractivity contribution in [2.75, 3.05) is 0 Å². The molecule has 2 aromatic carbocycles. The molecule has 0 bridgehead atoms. The zero-order valence-electron chi connectivity index (χ0n) is 10.2. The highest BCUT2D eigenvalue weighted by Gasteiger charge is 2.06. The second-order valence-electron chi connectivity index (χ2n) is 3.71. The summed E-state index contributed by atoms with van der Waals surface area (Å²) in [7, 11) is 0. The van der Waals surface area contributed by atoms with Crippen molar-refractivity contribution in [3.8, 4) is 11.5 Å². The Morgan fingerprint density at radius 2 is 1.05 bits per heavy atom. The molecule has 0 aliphatic rings. The lowest BCUT2D eigenvalue weighted by Gasteiger charge is -1.95. The molecule has 0 atom stereocenters. The Morgan fingerprint density at radius 3 is 1.35 bits per heavy atom. The molecule has 2 aromatic rings. The number of aromatic carboxylic acids is 2. The van der Waals surface area contributed by atoms with Crippen molar-refractivity contribution in [1.82, 2.24) is 0 Å². The lowest BCUT2D eigenvalue weighted by atomic mass is 10.1. The first kappa shape index (κ1) is 15.0. The summed E-state index contributed by atoms with van der Waals surface area (Å²) in [6, 6.07) is 10.9. The predicted molar refractivity (Wildman–Crippen MR) is 70.1 cm³/mol. The predicted octanol–water partition coefficient (Wildman–Crippen LogP) is 2.18. The molecule has 0 amide bonds. The van der Waals surface area contributed by atoms with E-state index in [-0.39, 0.29) is 22.6 Å². The summed E-state index contributed by atoms with van der Waals surface area (Å²) in [5.74, 6) is -1.91.